The first-order valence-electron chi connectivity index (χ1n) is 8.34. The maximum Gasteiger partial charge on any atom is 0.317 e. The first kappa shape index (κ1) is 17.8. The van der Waals surface area contributed by atoms with Crippen LogP contribution in [0.5, 0.6) is 0 Å². The van der Waals surface area contributed by atoms with Gasteiger partial charge in [-0.25, -0.2) is 4.79 Å². The van der Waals surface area contributed by atoms with Crippen LogP contribution in [0.2, 0.25) is 0 Å². The van der Waals surface area contributed by atoms with Crippen molar-refractivity contribution in [2.45, 2.75) is 44.9 Å². The van der Waals surface area contributed by atoms with Crippen molar-refractivity contribution in [3.8, 4) is 0 Å². The van der Waals surface area contributed by atoms with Crippen LogP contribution < -0.4 is 5.32 Å². The van der Waals surface area contributed by atoms with Crippen molar-refractivity contribution >= 4 is 6.03 Å². The largest absolute Gasteiger partial charge is 0.393 e. The fourth-order valence-electron chi connectivity index (χ4n) is 3.07. The molecule has 1 aromatic rings. The molecule has 0 bridgehead atoms. The quantitative estimate of drug-likeness (QED) is 0.847. The lowest BCUT2D eigenvalue weighted by molar-refractivity contribution is 0.0565. The summed E-state index contributed by atoms with van der Waals surface area (Å²) >= 11 is 0. The van der Waals surface area contributed by atoms with Crippen LogP contribution in [-0.2, 0) is 17.9 Å². The highest BCUT2D eigenvalue weighted by molar-refractivity contribution is 5.73. The minimum Gasteiger partial charge on any atom is -0.393 e. The normalized spacial score (nSPS) is 21.0. The summed E-state index contributed by atoms with van der Waals surface area (Å²) in [6, 6.07) is 7.92. The zero-order valence-corrected chi connectivity index (χ0v) is 14.1. The van der Waals surface area contributed by atoms with Crippen LogP contribution in [0.15, 0.2) is 24.3 Å². The predicted molar refractivity (Wildman–Crippen MR) is 90.0 cm³/mol. The molecule has 2 amide bonds. The summed E-state index contributed by atoms with van der Waals surface area (Å²) in [5.74, 6) is 0.202. The van der Waals surface area contributed by atoms with Crippen LogP contribution in [-0.4, -0.2) is 42.8 Å². The summed E-state index contributed by atoms with van der Waals surface area (Å²) in [6.07, 6.45) is 3.82. The molecule has 23 heavy (non-hydrogen) atoms. The second-order valence-electron chi connectivity index (χ2n) is 6.40. The topological polar surface area (TPSA) is 61.8 Å². The van der Waals surface area contributed by atoms with Crippen molar-refractivity contribution in [2.24, 2.45) is 5.92 Å². The Morgan fingerprint density at radius 2 is 1.91 bits per heavy atom. The number of benzene rings is 1. The molecule has 0 saturated heterocycles. The number of rotatable bonds is 6. The molecule has 0 spiro atoms. The van der Waals surface area contributed by atoms with E-state index in [1.54, 1.807) is 19.1 Å². The number of carbonyl (C=O) groups is 1. The molecule has 1 aliphatic rings. The van der Waals surface area contributed by atoms with Crippen molar-refractivity contribution in [1.29, 1.82) is 0 Å². The molecular weight excluding hydrogens is 292 g/mol. The summed E-state index contributed by atoms with van der Waals surface area (Å²) in [4.78, 5) is 13.9. The van der Waals surface area contributed by atoms with Gasteiger partial charge in [0.1, 0.15) is 0 Å². The SMILES string of the molecule is COCc1ccc(CNC(=O)N(C)CC2CCCCC2O)cc1. The van der Waals surface area contributed by atoms with Crippen molar-refractivity contribution < 1.29 is 14.6 Å². The zero-order valence-electron chi connectivity index (χ0n) is 14.1. The molecule has 0 radical (unpaired) electrons. The molecule has 1 aliphatic carbocycles. The minimum atomic E-state index is -0.271. The highest BCUT2D eigenvalue weighted by atomic mass is 16.5. The molecular formula is C18H28N2O3. The van der Waals surface area contributed by atoms with E-state index in [0.29, 0.717) is 19.7 Å². The standard InChI is InChI=1S/C18H28N2O3/c1-20(12-16-5-3-4-6-17(16)21)18(22)19-11-14-7-9-15(10-8-14)13-23-2/h7-10,16-17,21H,3-6,11-13H2,1-2H3,(H,19,22). The van der Waals surface area contributed by atoms with Crippen molar-refractivity contribution in [1.82, 2.24) is 10.2 Å². The van der Waals surface area contributed by atoms with E-state index in [4.69, 9.17) is 4.74 Å². The first-order chi connectivity index (χ1) is 11.1. The Hall–Kier alpha value is -1.59. The summed E-state index contributed by atoms with van der Waals surface area (Å²) in [6.45, 7) is 1.71. The number of nitrogens with one attached hydrogen (secondary N) is 1. The molecule has 5 heteroatoms. The van der Waals surface area contributed by atoms with E-state index in [0.717, 1.165) is 36.8 Å². The highest BCUT2D eigenvalue weighted by Crippen LogP contribution is 2.24. The monoisotopic (exact) mass is 320 g/mol. The van der Waals surface area contributed by atoms with Crippen LogP contribution in [0.3, 0.4) is 0 Å². The number of aliphatic hydroxyl groups is 1. The van der Waals surface area contributed by atoms with Gasteiger partial charge in [-0.05, 0) is 24.0 Å². The molecule has 128 valence electrons. The number of methoxy groups -OCH3 is 1. The predicted octanol–water partition coefficient (Wildman–Crippen LogP) is 2.53. The molecule has 2 N–H and O–H groups in total. The fourth-order valence-corrected chi connectivity index (χ4v) is 3.07. The molecule has 1 fully saturated rings. The lowest BCUT2D eigenvalue weighted by atomic mass is 9.86. The Morgan fingerprint density at radius 1 is 1.26 bits per heavy atom. The number of hydrogen-bond donors (Lipinski definition) is 2. The van der Waals surface area contributed by atoms with Gasteiger partial charge in [-0.2, -0.15) is 0 Å². The molecule has 0 aromatic heterocycles. The number of amides is 2. The van der Waals surface area contributed by atoms with Gasteiger partial charge in [-0.1, -0.05) is 37.1 Å². The minimum absolute atomic E-state index is 0.0938. The Morgan fingerprint density at radius 3 is 2.57 bits per heavy atom. The fraction of sp³-hybridized carbons (Fsp3) is 0.611. The number of carbonyl (C=O) groups excluding carboxylic acids is 1. The van der Waals surface area contributed by atoms with Crippen LogP contribution in [0.25, 0.3) is 0 Å². The van der Waals surface area contributed by atoms with E-state index < -0.39 is 0 Å². The van der Waals surface area contributed by atoms with Crippen molar-refractivity contribution in [3.63, 3.8) is 0 Å². The molecule has 1 saturated carbocycles. The van der Waals surface area contributed by atoms with Crippen LogP contribution in [0, 0.1) is 5.92 Å². The van der Waals surface area contributed by atoms with E-state index in [1.807, 2.05) is 24.3 Å². The molecule has 2 atom stereocenters. The Labute approximate surface area is 138 Å². The van der Waals surface area contributed by atoms with E-state index in [-0.39, 0.29) is 18.1 Å². The maximum atomic E-state index is 12.2. The Bertz CT molecular complexity index is 490. The Kier molecular flexibility index (Phi) is 6.86. The van der Waals surface area contributed by atoms with E-state index in [1.165, 1.54) is 0 Å². The highest BCUT2D eigenvalue weighted by Gasteiger charge is 2.25. The molecule has 1 aromatic carbocycles. The maximum absolute atomic E-state index is 12.2. The Balaban J connectivity index is 1.76. The van der Waals surface area contributed by atoms with Gasteiger partial charge in [-0.3, -0.25) is 0 Å². The average molecular weight is 320 g/mol. The van der Waals surface area contributed by atoms with Crippen LogP contribution >= 0.6 is 0 Å². The lowest BCUT2D eigenvalue weighted by Crippen LogP contribution is -2.42. The van der Waals surface area contributed by atoms with Gasteiger partial charge in [0.25, 0.3) is 0 Å². The molecule has 2 unspecified atom stereocenters. The number of hydrogen-bond acceptors (Lipinski definition) is 3. The smallest absolute Gasteiger partial charge is 0.317 e. The second-order valence-corrected chi connectivity index (χ2v) is 6.40. The summed E-state index contributed by atoms with van der Waals surface area (Å²) in [5.41, 5.74) is 2.18. The van der Waals surface area contributed by atoms with Crippen molar-refractivity contribution in [2.75, 3.05) is 20.7 Å². The molecule has 0 heterocycles. The van der Waals surface area contributed by atoms with Crippen LogP contribution in [0.4, 0.5) is 4.79 Å². The molecule has 5 nitrogen and oxygen atoms in total. The average Bonchev–Trinajstić information content (AvgIpc) is 2.56. The number of ether oxygens (including phenoxy) is 1. The number of nitrogens with zero attached hydrogens (tertiary/aromatic N) is 1. The summed E-state index contributed by atoms with van der Waals surface area (Å²) < 4.78 is 5.08. The van der Waals surface area contributed by atoms with E-state index in [2.05, 4.69) is 5.32 Å². The van der Waals surface area contributed by atoms with Crippen molar-refractivity contribution in [3.05, 3.63) is 35.4 Å². The van der Waals surface area contributed by atoms with E-state index in [9.17, 15) is 9.90 Å². The third-order valence-corrected chi connectivity index (χ3v) is 4.50. The van der Waals surface area contributed by atoms with Gasteiger partial charge < -0.3 is 20.1 Å². The van der Waals surface area contributed by atoms with Gasteiger partial charge >= 0.3 is 6.03 Å². The number of urea groups is 1. The zero-order chi connectivity index (χ0) is 16.7. The number of aliphatic hydroxyl groups excluding tert-OH is 1. The lowest BCUT2D eigenvalue weighted by Gasteiger charge is -2.31. The van der Waals surface area contributed by atoms with E-state index >= 15 is 0 Å². The molecule has 0 aliphatic heterocycles. The third-order valence-electron chi connectivity index (χ3n) is 4.50. The first-order valence-corrected chi connectivity index (χ1v) is 8.34. The molecule has 2 rings (SSSR count). The van der Waals surface area contributed by atoms with Crippen LogP contribution in [0.1, 0.15) is 36.8 Å². The van der Waals surface area contributed by atoms with Gasteiger partial charge in [0, 0.05) is 33.2 Å². The second kappa shape index (κ2) is 8.89. The summed E-state index contributed by atoms with van der Waals surface area (Å²) in [5, 5.41) is 12.9. The third kappa shape index (κ3) is 5.52. The van der Waals surface area contributed by atoms with Gasteiger partial charge in [0.2, 0.25) is 0 Å². The summed E-state index contributed by atoms with van der Waals surface area (Å²) in [7, 11) is 3.46. The van der Waals surface area contributed by atoms with Gasteiger partial charge in [0.05, 0.1) is 12.7 Å². The van der Waals surface area contributed by atoms with Gasteiger partial charge in [0.15, 0.2) is 0 Å². The van der Waals surface area contributed by atoms with Gasteiger partial charge in [-0.15, -0.1) is 0 Å².